The first-order valence-electron chi connectivity index (χ1n) is 6.34. The predicted molar refractivity (Wildman–Crippen MR) is 82.1 cm³/mol. The lowest BCUT2D eigenvalue weighted by atomic mass is 10.2. The van der Waals surface area contributed by atoms with E-state index >= 15 is 0 Å². The second-order valence-corrected chi connectivity index (χ2v) is 5.74. The minimum atomic E-state index is -0.216. The molecule has 0 saturated carbocycles. The number of aromatic nitrogens is 3. The van der Waals surface area contributed by atoms with Gasteiger partial charge in [-0.25, -0.2) is 0 Å². The summed E-state index contributed by atoms with van der Waals surface area (Å²) in [5.74, 6) is 0.529. The van der Waals surface area contributed by atoms with Gasteiger partial charge in [-0.05, 0) is 25.1 Å². The minimum Gasteiger partial charge on any atom is -0.496 e. The summed E-state index contributed by atoms with van der Waals surface area (Å²) in [6.45, 7) is 1.84. The van der Waals surface area contributed by atoms with Gasteiger partial charge in [0.05, 0.1) is 12.6 Å². The number of methoxy groups -OCH3 is 1. The molecule has 0 atom stereocenters. The largest absolute Gasteiger partial charge is 0.496 e. The van der Waals surface area contributed by atoms with Crippen LogP contribution in [0.3, 0.4) is 0 Å². The lowest BCUT2D eigenvalue weighted by Gasteiger charge is -2.04. The quantitative estimate of drug-likeness (QED) is 0.807. The smallest absolute Gasteiger partial charge is 0.274 e. The van der Waals surface area contributed by atoms with Crippen LogP contribution in [0.1, 0.15) is 15.5 Å². The van der Waals surface area contributed by atoms with E-state index < -0.39 is 0 Å². The number of hydrogen-bond acceptors (Lipinski definition) is 5. The van der Waals surface area contributed by atoms with Crippen molar-refractivity contribution in [2.75, 3.05) is 12.4 Å². The Kier molecular flexibility index (Phi) is 3.34. The molecule has 0 aliphatic heterocycles. The zero-order chi connectivity index (χ0) is 15.0. The summed E-state index contributed by atoms with van der Waals surface area (Å²) in [6, 6.07) is 7.54. The molecule has 0 bridgehead atoms. The van der Waals surface area contributed by atoms with Gasteiger partial charge < -0.3 is 9.30 Å². The molecule has 0 unspecified atom stereocenters. The van der Waals surface area contributed by atoms with Crippen molar-refractivity contribution in [3.8, 4) is 5.75 Å². The van der Waals surface area contributed by atoms with E-state index in [-0.39, 0.29) is 5.91 Å². The second-order valence-electron chi connectivity index (χ2n) is 4.56. The van der Waals surface area contributed by atoms with Crippen molar-refractivity contribution in [1.82, 2.24) is 14.8 Å². The van der Waals surface area contributed by atoms with Crippen molar-refractivity contribution in [2.24, 2.45) is 7.05 Å². The van der Waals surface area contributed by atoms with E-state index in [4.69, 9.17) is 4.74 Å². The van der Waals surface area contributed by atoms with Crippen LogP contribution in [0.2, 0.25) is 0 Å². The molecule has 3 aromatic rings. The van der Waals surface area contributed by atoms with Crippen LogP contribution < -0.4 is 10.1 Å². The van der Waals surface area contributed by atoms with Gasteiger partial charge in [-0.2, -0.15) is 0 Å². The third kappa shape index (κ3) is 2.36. The summed E-state index contributed by atoms with van der Waals surface area (Å²) in [7, 11) is 3.47. The maximum absolute atomic E-state index is 12.4. The van der Waals surface area contributed by atoms with Gasteiger partial charge in [0.1, 0.15) is 16.5 Å². The number of hydrogen-bond donors (Lipinski definition) is 1. The first-order valence-corrected chi connectivity index (χ1v) is 7.15. The number of ether oxygens (including phenoxy) is 1. The first kappa shape index (κ1) is 13.6. The van der Waals surface area contributed by atoms with Crippen molar-refractivity contribution < 1.29 is 9.53 Å². The van der Waals surface area contributed by atoms with Crippen LogP contribution in [-0.2, 0) is 7.05 Å². The van der Waals surface area contributed by atoms with Crippen LogP contribution in [0.4, 0.5) is 5.13 Å². The Labute approximate surface area is 125 Å². The number of carbonyl (C=O) groups is 1. The third-order valence-electron chi connectivity index (χ3n) is 3.25. The average Bonchev–Trinajstić information content (AvgIpc) is 3.03. The summed E-state index contributed by atoms with van der Waals surface area (Å²) < 4.78 is 7.17. The molecule has 108 valence electrons. The monoisotopic (exact) mass is 302 g/mol. The molecule has 0 aliphatic rings. The van der Waals surface area contributed by atoms with Crippen molar-refractivity contribution in [3.63, 3.8) is 0 Å². The molecule has 0 spiro atoms. The zero-order valence-electron chi connectivity index (χ0n) is 11.9. The highest BCUT2D eigenvalue weighted by atomic mass is 32.1. The molecule has 2 heterocycles. The maximum atomic E-state index is 12.4. The SMILES string of the molecule is COc1cccc2c1cc(C(=O)Nc1nnc(C)s1)n2C. The van der Waals surface area contributed by atoms with Crippen molar-refractivity contribution in [3.05, 3.63) is 35.0 Å². The summed E-state index contributed by atoms with van der Waals surface area (Å²) in [5, 5.41) is 12.8. The molecule has 0 saturated heterocycles. The molecule has 0 radical (unpaired) electrons. The number of aryl methyl sites for hydroxylation is 2. The van der Waals surface area contributed by atoms with Crippen LogP contribution in [-0.4, -0.2) is 27.8 Å². The molecule has 21 heavy (non-hydrogen) atoms. The average molecular weight is 302 g/mol. The number of rotatable bonds is 3. The number of nitrogens with zero attached hydrogens (tertiary/aromatic N) is 3. The minimum absolute atomic E-state index is 0.216. The predicted octanol–water partition coefficient (Wildman–Crippen LogP) is 2.60. The number of carbonyl (C=O) groups excluding carboxylic acids is 1. The summed E-state index contributed by atoms with van der Waals surface area (Å²) in [6.07, 6.45) is 0. The molecule has 6 nitrogen and oxygen atoms in total. The highest BCUT2D eigenvalue weighted by Crippen LogP contribution is 2.28. The van der Waals surface area contributed by atoms with Gasteiger partial charge in [-0.15, -0.1) is 10.2 Å². The van der Waals surface area contributed by atoms with Crippen molar-refractivity contribution in [1.29, 1.82) is 0 Å². The number of nitrogens with one attached hydrogen (secondary N) is 1. The Bertz CT molecular complexity index is 822. The van der Waals surface area contributed by atoms with Crippen LogP contribution in [0.15, 0.2) is 24.3 Å². The van der Waals surface area contributed by atoms with E-state index in [9.17, 15) is 4.79 Å². The molecule has 1 aromatic carbocycles. The van der Waals surface area contributed by atoms with Gasteiger partial charge >= 0.3 is 0 Å². The van der Waals surface area contributed by atoms with Gasteiger partial charge in [-0.3, -0.25) is 10.1 Å². The van der Waals surface area contributed by atoms with Crippen molar-refractivity contribution >= 4 is 33.3 Å². The maximum Gasteiger partial charge on any atom is 0.274 e. The number of anilines is 1. The Balaban J connectivity index is 2.00. The number of benzene rings is 1. The standard InChI is InChI=1S/C14H14N4O2S/c1-8-16-17-14(21-8)15-13(19)11-7-9-10(18(11)2)5-4-6-12(9)20-3/h4-7H,1-3H3,(H,15,17,19). The van der Waals surface area contributed by atoms with Gasteiger partial charge in [0, 0.05) is 12.4 Å². The highest BCUT2D eigenvalue weighted by Gasteiger charge is 2.16. The van der Waals surface area contributed by atoms with E-state index in [1.165, 1.54) is 11.3 Å². The summed E-state index contributed by atoms with van der Waals surface area (Å²) >= 11 is 1.34. The Hall–Kier alpha value is -2.41. The fourth-order valence-electron chi connectivity index (χ4n) is 2.24. The van der Waals surface area contributed by atoms with Crippen molar-refractivity contribution in [2.45, 2.75) is 6.92 Å². The topological polar surface area (TPSA) is 69.0 Å². The number of fused-ring (bicyclic) bond motifs is 1. The lowest BCUT2D eigenvalue weighted by molar-refractivity contribution is 0.101. The normalized spacial score (nSPS) is 10.8. The summed E-state index contributed by atoms with van der Waals surface area (Å²) in [5.41, 5.74) is 1.48. The molecule has 7 heteroatoms. The van der Waals surface area contributed by atoms with Crippen LogP contribution >= 0.6 is 11.3 Å². The molecule has 1 amide bonds. The van der Waals surface area contributed by atoms with E-state index in [0.717, 1.165) is 21.7 Å². The molecule has 1 N–H and O–H groups in total. The highest BCUT2D eigenvalue weighted by molar-refractivity contribution is 7.15. The van der Waals surface area contributed by atoms with Gasteiger partial charge in [0.25, 0.3) is 5.91 Å². The molecule has 2 aromatic heterocycles. The molecular weight excluding hydrogens is 288 g/mol. The van der Waals surface area contributed by atoms with Gasteiger partial charge in [0.15, 0.2) is 0 Å². The van der Waals surface area contributed by atoms with E-state index in [0.29, 0.717) is 10.8 Å². The zero-order valence-corrected chi connectivity index (χ0v) is 12.7. The fraction of sp³-hybridized carbons (Fsp3) is 0.214. The number of amides is 1. The first-order chi connectivity index (χ1) is 10.1. The molecular formula is C14H14N4O2S. The third-order valence-corrected chi connectivity index (χ3v) is 4.00. The molecule has 0 fully saturated rings. The van der Waals surface area contributed by atoms with Gasteiger partial charge in [0.2, 0.25) is 5.13 Å². The molecule has 0 aliphatic carbocycles. The van der Waals surface area contributed by atoms with Crippen LogP contribution in [0, 0.1) is 6.92 Å². The van der Waals surface area contributed by atoms with Gasteiger partial charge in [-0.1, -0.05) is 17.4 Å². The van der Waals surface area contributed by atoms with Crippen LogP contribution in [0.25, 0.3) is 10.9 Å². The van der Waals surface area contributed by atoms with E-state index in [2.05, 4.69) is 15.5 Å². The second kappa shape index (κ2) is 5.17. The fourth-order valence-corrected chi connectivity index (χ4v) is 2.82. The Morgan fingerprint density at radius 1 is 1.38 bits per heavy atom. The Morgan fingerprint density at radius 2 is 2.19 bits per heavy atom. The van der Waals surface area contributed by atoms with E-state index in [1.54, 1.807) is 7.11 Å². The lowest BCUT2D eigenvalue weighted by Crippen LogP contribution is -2.15. The Morgan fingerprint density at radius 3 is 2.86 bits per heavy atom. The summed E-state index contributed by atoms with van der Waals surface area (Å²) in [4.78, 5) is 12.4. The van der Waals surface area contributed by atoms with Crippen LogP contribution in [0.5, 0.6) is 5.75 Å². The van der Waals surface area contributed by atoms with E-state index in [1.807, 2.05) is 42.8 Å². The molecule has 3 rings (SSSR count).